The number of imide groups is 1. The van der Waals surface area contributed by atoms with E-state index in [-0.39, 0.29) is 54.2 Å². The second kappa shape index (κ2) is 17.1. The Labute approximate surface area is 301 Å². The number of carbonyl (C=O) groups excluding carboxylic acids is 3. The highest BCUT2D eigenvalue weighted by atomic mass is 32.2. The Morgan fingerprint density at radius 3 is 2.59 bits per heavy atom. The van der Waals surface area contributed by atoms with Gasteiger partial charge in [0.1, 0.15) is 17.0 Å². The van der Waals surface area contributed by atoms with Crippen molar-refractivity contribution in [3.63, 3.8) is 0 Å². The van der Waals surface area contributed by atoms with Crippen molar-refractivity contribution in [2.45, 2.75) is 77.1 Å². The molecule has 2 fully saturated rings. The summed E-state index contributed by atoms with van der Waals surface area (Å²) < 4.78 is 13.3. The lowest BCUT2D eigenvalue weighted by Gasteiger charge is -2.30. The number of thioether (sulfide) groups is 1. The van der Waals surface area contributed by atoms with Crippen LogP contribution in [0.15, 0.2) is 18.3 Å². The van der Waals surface area contributed by atoms with Gasteiger partial charge in [0.15, 0.2) is 11.3 Å². The van der Waals surface area contributed by atoms with Gasteiger partial charge in [0, 0.05) is 43.3 Å². The van der Waals surface area contributed by atoms with E-state index in [1.54, 1.807) is 32.0 Å². The summed E-state index contributed by atoms with van der Waals surface area (Å²) in [6.45, 7) is 5.35. The fourth-order valence-corrected chi connectivity index (χ4v) is 7.81. The van der Waals surface area contributed by atoms with Crippen LogP contribution in [0.1, 0.15) is 69.9 Å². The van der Waals surface area contributed by atoms with Gasteiger partial charge in [0.05, 0.1) is 43.7 Å². The number of benzene rings is 1. The van der Waals surface area contributed by atoms with Crippen LogP contribution in [0.2, 0.25) is 0 Å². The summed E-state index contributed by atoms with van der Waals surface area (Å²) in [6.07, 6.45) is 6.68. The molecule has 51 heavy (non-hydrogen) atoms. The number of nitrogens with one attached hydrogen (secondary N) is 2. The first kappa shape index (κ1) is 37.7. The number of nitrogens with two attached hydrogens (primary N) is 1. The maximum atomic E-state index is 13.3. The van der Waals surface area contributed by atoms with E-state index >= 15 is 0 Å². The van der Waals surface area contributed by atoms with Crippen molar-refractivity contribution < 1.29 is 33.8 Å². The first-order valence-electron chi connectivity index (χ1n) is 17.5. The van der Waals surface area contributed by atoms with Crippen LogP contribution < -0.4 is 25.8 Å². The minimum Gasteiger partial charge on any atom is -0.496 e. The SMILES string of the molecule is CCCCNc1nc(N)nc2cn(Cc3c(OC)ccc(CNC(=O)C4CCC(CN5C(=O)CC(SC[C@@H](C)C(=O)O)C5=O)CC4)c3OC)nc12. The number of unbranched alkanes of at least 4 members (excludes halogenated alkanes) is 1. The van der Waals surface area contributed by atoms with Crippen molar-refractivity contribution in [3.8, 4) is 11.5 Å². The molecule has 0 spiro atoms. The Bertz CT molecular complexity index is 1740. The number of rotatable bonds is 17. The van der Waals surface area contributed by atoms with Gasteiger partial charge in [-0.05, 0) is 50.2 Å². The largest absolute Gasteiger partial charge is 0.496 e. The molecule has 0 radical (unpaired) electrons. The van der Waals surface area contributed by atoms with Gasteiger partial charge < -0.3 is 30.9 Å². The molecule has 0 bridgehead atoms. The number of hydrogen-bond donors (Lipinski definition) is 4. The van der Waals surface area contributed by atoms with E-state index in [4.69, 9.17) is 25.4 Å². The minimum absolute atomic E-state index is 0.0530. The van der Waals surface area contributed by atoms with Crippen LogP contribution in [0.4, 0.5) is 11.8 Å². The van der Waals surface area contributed by atoms with Crippen LogP contribution in [0.5, 0.6) is 11.5 Å². The van der Waals surface area contributed by atoms with Gasteiger partial charge in [0.2, 0.25) is 23.7 Å². The van der Waals surface area contributed by atoms with E-state index in [0.717, 1.165) is 43.4 Å². The highest BCUT2D eigenvalue weighted by molar-refractivity contribution is 8.00. The number of ether oxygens (including phenoxy) is 2. The number of nitrogen functional groups attached to an aromatic ring is 1. The normalized spacial score (nSPS) is 19.7. The number of aliphatic carboxylic acids is 1. The standard InChI is InChI=1S/C35H48N8O7S/c1-5-6-13-37-31-29-25(39-35(36)40-31)18-42(41-29)17-24-26(49-3)12-11-23(30(24)50-4)15-38-32(45)22-9-7-21(8-10-22)16-43-28(44)14-27(33(43)46)51-19-20(2)34(47)48/h11-12,18,20-22,27H,5-10,13-17,19H2,1-4H3,(H,38,45)(H,47,48)(H3,36,37,39,40)/t20-,21?,22?,27?/m1/s1. The highest BCUT2D eigenvalue weighted by Gasteiger charge is 2.41. The number of carboxylic acids is 1. The molecule has 2 aliphatic rings. The van der Waals surface area contributed by atoms with Gasteiger partial charge in [-0.15, -0.1) is 11.8 Å². The molecule has 276 valence electrons. The predicted molar refractivity (Wildman–Crippen MR) is 193 cm³/mol. The smallest absolute Gasteiger partial charge is 0.307 e. The molecule has 1 saturated heterocycles. The van der Waals surface area contributed by atoms with Gasteiger partial charge in [0.25, 0.3) is 0 Å². The summed E-state index contributed by atoms with van der Waals surface area (Å²) in [6, 6.07) is 3.72. The van der Waals surface area contributed by atoms with E-state index in [0.29, 0.717) is 54.3 Å². The third-order valence-corrected chi connectivity index (χ3v) is 11.0. The topological polar surface area (TPSA) is 204 Å². The van der Waals surface area contributed by atoms with Crippen molar-refractivity contribution in [3.05, 3.63) is 29.5 Å². The second-order valence-corrected chi connectivity index (χ2v) is 14.5. The van der Waals surface area contributed by atoms with Gasteiger partial charge >= 0.3 is 5.97 Å². The van der Waals surface area contributed by atoms with Gasteiger partial charge in [-0.1, -0.05) is 20.3 Å². The van der Waals surface area contributed by atoms with E-state index in [1.165, 1.54) is 16.7 Å². The molecule has 1 saturated carbocycles. The van der Waals surface area contributed by atoms with Gasteiger partial charge in [-0.3, -0.25) is 28.8 Å². The maximum Gasteiger partial charge on any atom is 0.307 e. The van der Waals surface area contributed by atoms with Crippen molar-refractivity contribution >= 4 is 58.3 Å². The van der Waals surface area contributed by atoms with Gasteiger partial charge in [-0.2, -0.15) is 10.1 Å². The van der Waals surface area contributed by atoms with Crippen LogP contribution in [0.25, 0.3) is 11.0 Å². The Morgan fingerprint density at radius 1 is 1.14 bits per heavy atom. The minimum atomic E-state index is -0.920. The van der Waals surface area contributed by atoms with Crippen LogP contribution in [0.3, 0.4) is 0 Å². The molecule has 15 nitrogen and oxygen atoms in total. The number of nitrogens with zero attached hydrogens (tertiary/aromatic N) is 5. The monoisotopic (exact) mass is 724 g/mol. The lowest BCUT2D eigenvalue weighted by atomic mass is 9.81. The molecule has 1 aliphatic heterocycles. The Balaban J connectivity index is 1.18. The quantitative estimate of drug-likeness (QED) is 0.116. The molecular weight excluding hydrogens is 677 g/mol. The number of carbonyl (C=O) groups is 4. The molecule has 2 aromatic heterocycles. The molecule has 1 aromatic carbocycles. The number of aromatic nitrogens is 4. The fraction of sp³-hybridized carbons (Fsp3) is 0.571. The number of likely N-dealkylation sites (tertiary alicyclic amines) is 1. The van der Waals surface area contributed by atoms with Crippen molar-refractivity contribution in [2.75, 3.05) is 44.1 Å². The lowest BCUT2D eigenvalue weighted by molar-refractivity contribution is -0.141. The van der Waals surface area contributed by atoms with Crippen molar-refractivity contribution in [1.29, 1.82) is 0 Å². The zero-order valence-electron chi connectivity index (χ0n) is 29.6. The number of amides is 3. The number of anilines is 2. The Hall–Kier alpha value is -4.60. The summed E-state index contributed by atoms with van der Waals surface area (Å²) in [5, 5.41) is 19.7. The Kier molecular flexibility index (Phi) is 12.6. The number of methoxy groups -OCH3 is 2. The predicted octanol–water partition coefficient (Wildman–Crippen LogP) is 3.69. The summed E-state index contributed by atoms with van der Waals surface area (Å²) >= 11 is 1.24. The van der Waals surface area contributed by atoms with Crippen molar-refractivity contribution in [1.82, 2.24) is 30.0 Å². The van der Waals surface area contributed by atoms with E-state index in [9.17, 15) is 19.2 Å². The summed E-state index contributed by atoms with van der Waals surface area (Å²) in [5.41, 5.74) is 8.74. The number of carboxylic acid groups (broad SMARTS) is 1. The van der Waals surface area contributed by atoms with Crippen LogP contribution >= 0.6 is 11.8 Å². The van der Waals surface area contributed by atoms with E-state index < -0.39 is 17.1 Å². The van der Waals surface area contributed by atoms with Gasteiger partial charge in [-0.25, -0.2) is 4.98 Å². The lowest BCUT2D eigenvalue weighted by Crippen LogP contribution is -2.38. The third-order valence-electron chi connectivity index (χ3n) is 9.58. The zero-order chi connectivity index (χ0) is 36.7. The van der Waals surface area contributed by atoms with E-state index in [2.05, 4.69) is 27.5 Å². The van der Waals surface area contributed by atoms with E-state index in [1.807, 2.05) is 12.1 Å². The second-order valence-electron chi connectivity index (χ2n) is 13.3. The molecule has 5 rings (SSSR count). The first-order chi connectivity index (χ1) is 24.5. The van der Waals surface area contributed by atoms with Crippen molar-refractivity contribution in [2.24, 2.45) is 17.8 Å². The molecule has 1 aliphatic carbocycles. The molecular formula is C35H48N8O7S. The van der Waals surface area contributed by atoms with Crippen LogP contribution in [0, 0.1) is 17.8 Å². The summed E-state index contributed by atoms with van der Waals surface area (Å²) in [5.74, 6) is 0.148. The molecule has 5 N–H and O–H groups in total. The fourth-order valence-electron chi connectivity index (χ4n) is 6.62. The molecule has 3 aromatic rings. The highest BCUT2D eigenvalue weighted by Crippen LogP contribution is 2.35. The maximum absolute atomic E-state index is 13.3. The van der Waals surface area contributed by atoms with Crippen LogP contribution in [-0.4, -0.2) is 91.8 Å². The molecule has 1 unspecified atom stereocenters. The average Bonchev–Trinajstić information content (AvgIpc) is 3.64. The summed E-state index contributed by atoms with van der Waals surface area (Å²) in [7, 11) is 3.17. The summed E-state index contributed by atoms with van der Waals surface area (Å²) in [4.78, 5) is 60.1. The molecule has 3 amide bonds. The third kappa shape index (κ3) is 9.01. The molecule has 2 atom stereocenters. The average molecular weight is 725 g/mol. The molecule has 16 heteroatoms. The van der Waals surface area contributed by atoms with Crippen LogP contribution in [-0.2, 0) is 32.3 Å². The zero-order valence-corrected chi connectivity index (χ0v) is 30.5. The first-order valence-corrected chi connectivity index (χ1v) is 18.5. The number of hydrogen-bond acceptors (Lipinski definition) is 12. The molecule has 3 heterocycles. The number of fused-ring (bicyclic) bond motifs is 1. The Morgan fingerprint density at radius 2 is 1.90 bits per heavy atom.